The van der Waals surface area contributed by atoms with Crippen LogP contribution in [0, 0.1) is 0 Å². The molecule has 0 amide bonds. The zero-order valence-corrected chi connectivity index (χ0v) is 17.9. The van der Waals surface area contributed by atoms with Crippen molar-refractivity contribution in [3.05, 3.63) is 87.9 Å². The van der Waals surface area contributed by atoms with Gasteiger partial charge in [0.15, 0.2) is 11.5 Å². The van der Waals surface area contributed by atoms with Gasteiger partial charge >= 0.3 is 5.97 Å². The lowest BCUT2D eigenvalue weighted by Gasteiger charge is -2.14. The Bertz CT molecular complexity index is 1040. The number of aromatic carboxylic acids is 1. The van der Waals surface area contributed by atoms with Gasteiger partial charge in [0.1, 0.15) is 6.61 Å². The Labute approximate surface area is 183 Å². The summed E-state index contributed by atoms with van der Waals surface area (Å²) in [4.78, 5) is 11.1. The van der Waals surface area contributed by atoms with Crippen molar-refractivity contribution in [3.8, 4) is 11.5 Å². The van der Waals surface area contributed by atoms with E-state index in [9.17, 15) is 4.79 Å². The van der Waals surface area contributed by atoms with Gasteiger partial charge in [-0.2, -0.15) is 5.10 Å². The van der Waals surface area contributed by atoms with Crippen LogP contribution in [0.3, 0.4) is 0 Å². The predicted molar refractivity (Wildman–Crippen MR) is 121 cm³/mol. The number of carboxylic acids is 1. The van der Waals surface area contributed by atoms with E-state index in [2.05, 4.69) is 26.5 Å². The molecule has 0 atom stereocenters. The largest absolute Gasteiger partial charge is 0.490 e. The number of rotatable bonds is 9. The molecule has 30 heavy (non-hydrogen) atoms. The maximum absolute atomic E-state index is 11.1. The molecule has 3 rings (SSSR count). The van der Waals surface area contributed by atoms with Crippen LogP contribution in [0.1, 0.15) is 28.4 Å². The van der Waals surface area contributed by atoms with Crippen LogP contribution >= 0.6 is 15.9 Å². The number of carbonyl (C=O) groups is 1. The molecule has 0 saturated heterocycles. The maximum Gasteiger partial charge on any atom is 0.335 e. The lowest BCUT2D eigenvalue weighted by atomic mass is 10.2. The standard InChI is InChI=1S/C23H21BrN2O4/c1-2-29-21-12-18(14-25-26-19-10-6-9-17(11-19)23(27)28)20(24)13-22(21)30-15-16-7-4-3-5-8-16/h3-14,26H,2,15H2,1H3,(H,27,28). The molecule has 0 unspecified atom stereocenters. The van der Waals surface area contributed by atoms with E-state index in [1.807, 2.05) is 49.4 Å². The van der Waals surface area contributed by atoms with E-state index in [1.54, 1.807) is 18.3 Å². The van der Waals surface area contributed by atoms with E-state index < -0.39 is 5.97 Å². The lowest BCUT2D eigenvalue weighted by Crippen LogP contribution is -2.01. The molecule has 2 N–H and O–H groups in total. The number of hydrogen-bond donors (Lipinski definition) is 2. The Morgan fingerprint density at radius 3 is 2.57 bits per heavy atom. The van der Waals surface area contributed by atoms with Crippen LogP contribution in [0.25, 0.3) is 0 Å². The van der Waals surface area contributed by atoms with E-state index >= 15 is 0 Å². The van der Waals surface area contributed by atoms with Crippen LogP contribution in [0.5, 0.6) is 11.5 Å². The molecule has 0 bridgehead atoms. The Kier molecular flexibility index (Phi) is 7.45. The number of hydrogen-bond acceptors (Lipinski definition) is 5. The van der Waals surface area contributed by atoms with Crippen molar-refractivity contribution >= 4 is 33.8 Å². The van der Waals surface area contributed by atoms with Gasteiger partial charge in [-0.3, -0.25) is 5.43 Å². The number of carboxylic acid groups (broad SMARTS) is 1. The Balaban J connectivity index is 1.74. The molecule has 154 valence electrons. The first-order valence-corrected chi connectivity index (χ1v) is 10.1. The van der Waals surface area contributed by atoms with Crippen molar-refractivity contribution in [1.29, 1.82) is 0 Å². The van der Waals surface area contributed by atoms with Gasteiger partial charge in [-0.15, -0.1) is 0 Å². The quantitative estimate of drug-likeness (QED) is 0.316. The molecule has 0 fully saturated rings. The van der Waals surface area contributed by atoms with Gasteiger partial charge in [0, 0.05) is 10.0 Å². The van der Waals surface area contributed by atoms with E-state index in [4.69, 9.17) is 14.6 Å². The molecular weight excluding hydrogens is 448 g/mol. The van der Waals surface area contributed by atoms with Crippen molar-refractivity contribution in [1.82, 2.24) is 0 Å². The molecule has 3 aromatic carbocycles. The second kappa shape index (κ2) is 10.5. The maximum atomic E-state index is 11.1. The van der Waals surface area contributed by atoms with Crippen molar-refractivity contribution in [2.75, 3.05) is 12.0 Å². The monoisotopic (exact) mass is 468 g/mol. The lowest BCUT2D eigenvalue weighted by molar-refractivity contribution is 0.0697. The van der Waals surface area contributed by atoms with Gasteiger partial charge < -0.3 is 14.6 Å². The summed E-state index contributed by atoms with van der Waals surface area (Å²) in [6.45, 7) is 2.84. The molecule has 0 aromatic heterocycles. The van der Waals surface area contributed by atoms with Crippen molar-refractivity contribution in [2.24, 2.45) is 5.10 Å². The van der Waals surface area contributed by atoms with Crippen LogP contribution in [-0.2, 0) is 6.61 Å². The molecule has 3 aromatic rings. The van der Waals surface area contributed by atoms with Gasteiger partial charge in [-0.25, -0.2) is 4.79 Å². The third-order valence-electron chi connectivity index (χ3n) is 4.11. The van der Waals surface area contributed by atoms with Crippen LogP contribution in [-0.4, -0.2) is 23.9 Å². The molecule has 0 aliphatic carbocycles. The predicted octanol–water partition coefficient (Wildman–Crippen LogP) is 5.57. The fourth-order valence-corrected chi connectivity index (χ4v) is 3.09. The van der Waals surface area contributed by atoms with Crippen LogP contribution in [0.4, 0.5) is 5.69 Å². The Morgan fingerprint density at radius 1 is 1.07 bits per heavy atom. The summed E-state index contributed by atoms with van der Waals surface area (Å²) in [5.74, 6) is 0.260. The third kappa shape index (κ3) is 5.84. The zero-order chi connectivity index (χ0) is 21.3. The zero-order valence-electron chi connectivity index (χ0n) is 16.3. The fraction of sp³-hybridized carbons (Fsp3) is 0.130. The second-order valence-corrected chi connectivity index (χ2v) is 7.14. The first-order chi connectivity index (χ1) is 14.6. The van der Waals surface area contributed by atoms with Crippen LogP contribution in [0.2, 0.25) is 0 Å². The summed E-state index contributed by atoms with van der Waals surface area (Å²) in [5.41, 5.74) is 5.46. The van der Waals surface area contributed by atoms with Crippen molar-refractivity contribution < 1.29 is 19.4 Å². The topological polar surface area (TPSA) is 80.2 Å². The van der Waals surface area contributed by atoms with E-state index in [1.165, 1.54) is 12.1 Å². The minimum atomic E-state index is -0.988. The molecule has 0 aliphatic rings. The first kappa shape index (κ1) is 21.4. The van der Waals surface area contributed by atoms with Gasteiger partial charge in [-0.1, -0.05) is 36.4 Å². The minimum absolute atomic E-state index is 0.190. The summed E-state index contributed by atoms with van der Waals surface area (Å²) in [7, 11) is 0. The highest BCUT2D eigenvalue weighted by molar-refractivity contribution is 9.10. The Hall–Kier alpha value is -3.32. The summed E-state index contributed by atoms with van der Waals surface area (Å²) in [6, 6.07) is 20.0. The minimum Gasteiger partial charge on any atom is -0.490 e. The highest BCUT2D eigenvalue weighted by atomic mass is 79.9. The molecule has 0 heterocycles. The number of benzene rings is 3. The van der Waals surface area contributed by atoms with Crippen molar-refractivity contribution in [3.63, 3.8) is 0 Å². The molecule has 6 nitrogen and oxygen atoms in total. The van der Waals surface area contributed by atoms with Gasteiger partial charge in [0.25, 0.3) is 0 Å². The number of hydrazone groups is 1. The van der Waals surface area contributed by atoms with Gasteiger partial charge in [-0.05, 0) is 58.7 Å². The highest BCUT2D eigenvalue weighted by Crippen LogP contribution is 2.34. The van der Waals surface area contributed by atoms with Crippen LogP contribution < -0.4 is 14.9 Å². The summed E-state index contributed by atoms with van der Waals surface area (Å²) < 4.78 is 12.5. The van der Waals surface area contributed by atoms with Crippen molar-refractivity contribution in [2.45, 2.75) is 13.5 Å². The normalized spacial score (nSPS) is 10.7. The van der Waals surface area contributed by atoms with Crippen LogP contribution in [0.15, 0.2) is 76.3 Å². The van der Waals surface area contributed by atoms with Gasteiger partial charge in [0.05, 0.1) is 24.1 Å². The average Bonchev–Trinajstić information content (AvgIpc) is 2.75. The SMILES string of the molecule is CCOc1cc(C=NNc2cccc(C(=O)O)c2)c(Br)cc1OCc1ccccc1. The van der Waals surface area contributed by atoms with E-state index in [-0.39, 0.29) is 5.56 Å². The number of halogens is 1. The summed E-state index contributed by atoms with van der Waals surface area (Å²) >= 11 is 3.54. The smallest absolute Gasteiger partial charge is 0.335 e. The molecule has 0 radical (unpaired) electrons. The van der Waals surface area contributed by atoms with E-state index in [0.29, 0.717) is 30.4 Å². The summed E-state index contributed by atoms with van der Waals surface area (Å²) in [6.07, 6.45) is 1.63. The third-order valence-corrected chi connectivity index (χ3v) is 4.79. The van der Waals surface area contributed by atoms with Gasteiger partial charge in [0.2, 0.25) is 0 Å². The summed E-state index contributed by atoms with van der Waals surface area (Å²) in [5, 5.41) is 13.3. The molecule has 0 spiro atoms. The van der Waals surface area contributed by atoms with E-state index in [0.717, 1.165) is 15.6 Å². The molecule has 0 saturated carbocycles. The number of nitrogens with zero attached hydrogens (tertiary/aromatic N) is 1. The number of anilines is 1. The second-order valence-electron chi connectivity index (χ2n) is 6.28. The molecular formula is C23H21BrN2O4. The first-order valence-electron chi connectivity index (χ1n) is 9.32. The number of nitrogens with one attached hydrogen (secondary N) is 1. The molecule has 0 aliphatic heterocycles. The average molecular weight is 469 g/mol. The molecule has 7 heteroatoms. The highest BCUT2D eigenvalue weighted by Gasteiger charge is 2.10. The fourth-order valence-electron chi connectivity index (χ4n) is 2.66. The Morgan fingerprint density at radius 2 is 1.83 bits per heavy atom. The number of ether oxygens (including phenoxy) is 2.